The quantitative estimate of drug-likeness (QED) is 0.726. The fourth-order valence-electron chi connectivity index (χ4n) is 2.10. The molecular weight excluding hydrogens is 266 g/mol. The van der Waals surface area contributed by atoms with E-state index >= 15 is 0 Å². The number of thioether (sulfide) groups is 1. The Morgan fingerprint density at radius 1 is 1.25 bits per heavy atom. The molecule has 0 spiro atoms. The minimum atomic E-state index is 0.283. The molecule has 2 unspecified atom stereocenters. The number of nitrogens with one attached hydrogen (secondary N) is 1. The number of rotatable bonds is 9. The molecule has 0 aliphatic rings. The molecule has 0 aliphatic carbocycles. The second-order valence-electron chi connectivity index (χ2n) is 5.51. The van der Waals surface area contributed by atoms with Crippen molar-refractivity contribution in [2.24, 2.45) is 0 Å². The molecule has 114 valence electrons. The van der Waals surface area contributed by atoms with E-state index in [4.69, 9.17) is 5.11 Å². The van der Waals surface area contributed by atoms with Crippen LogP contribution in [0.2, 0.25) is 0 Å². The topological polar surface area (TPSA) is 32.3 Å². The van der Waals surface area contributed by atoms with E-state index in [0.29, 0.717) is 11.3 Å². The minimum absolute atomic E-state index is 0.283. The Kier molecular flexibility index (Phi) is 8.27. The predicted molar refractivity (Wildman–Crippen MR) is 90.6 cm³/mol. The minimum Gasteiger partial charge on any atom is -0.396 e. The molecule has 2 N–H and O–H groups in total. The highest BCUT2D eigenvalue weighted by molar-refractivity contribution is 7.99. The second-order valence-corrected chi connectivity index (χ2v) is 6.98. The van der Waals surface area contributed by atoms with Gasteiger partial charge >= 0.3 is 0 Å². The van der Waals surface area contributed by atoms with Crippen LogP contribution in [0.3, 0.4) is 0 Å². The van der Waals surface area contributed by atoms with E-state index < -0.39 is 0 Å². The van der Waals surface area contributed by atoms with Crippen molar-refractivity contribution in [3.8, 4) is 0 Å². The number of aliphatic hydroxyl groups excluding tert-OH is 1. The van der Waals surface area contributed by atoms with Crippen LogP contribution in [0.25, 0.3) is 0 Å². The van der Waals surface area contributed by atoms with Crippen molar-refractivity contribution in [2.45, 2.75) is 51.8 Å². The molecule has 0 radical (unpaired) electrons. The molecule has 1 aromatic rings. The molecule has 0 saturated carbocycles. The van der Waals surface area contributed by atoms with Gasteiger partial charge in [0.2, 0.25) is 0 Å². The zero-order valence-electron chi connectivity index (χ0n) is 13.3. The van der Waals surface area contributed by atoms with Crippen molar-refractivity contribution in [1.82, 2.24) is 5.32 Å². The summed E-state index contributed by atoms with van der Waals surface area (Å²) < 4.78 is 0. The number of aliphatic hydroxyl groups is 1. The average molecular weight is 295 g/mol. The van der Waals surface area contributed by atoms with E-state index in [2.05, 4.69) is 51.2 Å². The largest absolute Gasteiger partial charge is 0.396 e. The fraction of sp³-hybridized carbons (Fsp3) is 0.647. The summed E-state index contributed by atoms with van der Waals surface area (Å²) in [4.78, 5) is 0. The summed E-state index contributed by atoms with van der Waals surface area (Å²) in [6.45, 7) is 10.1. The first kappa shape index (κ1) is 17.5. The molecular formula is C17H29NOS. The number of hydrogen-bond donors (Lipinski definition) is 2. The van der Waals surface area contributed by atoms with Crippen LogP contribution in [0.5, 0.6) is 0 Å². The highest BCUT2D eigenvalue weighted by Gasteiger charge is 2.13. The Morgan fingerprint density at radius 2 is 2.00 bits per heavy atom. The van der Waals surface area contributed by atoms with Gasteiger partial charge in [-0.15, -0.1) is 0 Å². The third-order valence-electron chi connectivity index (χ3n) is 3.66. The lowest BCUT2D eigenvalue weighted by Crippen LogP contribution is -2.25. The van der Waals surface area contributed by atoms with Gasteiger partial charge in [0.1, 0.15) is 0 Å². The van der Waals surface area contributed by atoms with Gasteiger partial charge in [0.15, 0.2) is 0 Å². The monoisotopic (exact) mass is 295 g/mol. The van der Waals surface area contributed by atoms with Gasteiger partial charge in [-0.25, -0.2) is 0 Å². The summed E-state index contributed by atoms with van der Waals surface area (Å²) in [6, 6.07) is 7.17. The van der Waals surface area contributed by atoms with E-state index in [1.54, 1.807) is 0 Å². The summed E-state index contributed by atoms with van der Waals surface area (Å²) in [5, 5.41) is 13.2. The highest BCUT2D eigenvalue weighted by Crippen LogP contribution is 2.24. The number of hydrogen-bond acceptors (Lipinski definition) is 3. The molecule has 1 rings (SSSR count). The Labute approximate surface area is 128 Å². The molecule has 0 fully saturated rings. The van der Waals surface area contributed by atoms with E-state index in [0.717, 1.165) is 25.1 Å². The van der Waals surface area contributed by atoms with Gasteiger partial charge in [0.05, 0.1) is 0 Å². The molecule has 0 aliphatic heterocycles. The van der Waals surface area contributed by atoms with Crippen molar-refractivity contribution in [3.63, 3.8) is 0 Å². The average Bonchev–Trinajstić information content (AvgIpc) is 2.42. The first-order valence-electron chi connectivity index (χ1n) is 7.61. The third kappa shape index (κ3) is 5.86. The molecule has 2 atom stereocenters. The van der Waals surface area contributed by atoms with Crippen molar-refractivity contribution in [1.29, 1.82) is 0 Å². The first-order valence-corrected chi connectivity index (χ1v) is 8.66. The third-order valence-corrected chi connectivity index (χ3v) is 4.99. The summed E-state index contributed by atoms with van der Waals surface area (Å²) in [7, 11) is 0. The first-order chi connectivity index (χ1) is 9.58. The summed E-state index contributed by atoms with van der Waals surface area (Å²) in [5.74, 6) is 1.06. The van der Waals surface area contributed by atoms with Gasteiger partial charge in [0.25, 0.3) is 0 Å². The fourth-order valence-corrected chi connectivity index (χ4v) is 3.20. The Hall–Kier alpha value is -0.510. The second kappa shape index (κ2) is 9.43. The summed E-state index contributed by atoms with van der Waals surface area (Å²) >= 11 is 1.94. The summed E-state index contributed by atoms with van der Waals surface area (Å²) in [6.07, 6.45) is 2.02. The maximum atomic E-state index is 9.00. The van der Waals surface area contributed by atoms with Crippen molar-refractivity contribution >= 4 is 11.8 Å². The van der Waals surface area contributed by atoms with Crippen molar-refractivity contribution in [3.05, 3.63) is 34.9 Å². The van der Waals surface area contributed by atoms with Crippen LogP contribution in [0.15, 0.2) is 18.2 Å². The number of aryl methyl sites for hydroxylation is 2. The summed E-state index contributed by atoms with van der Waals surface area (Å²) in [5.41, 5.74) is 4.09. The molecule has 0 saturated heterocycles. The molecule has 0 aromatic heterocycles. The Morgan fingerprint density at radius 3 is 2.60 bits per heavy atom. The van der Waals surface area contributed by atoms with Crippen molar-refractivity contribution in [2.75, 3.05) is 18.9 Å². The predicted octanol–water partition coefficient (Wildman–Crippen LogP) is 3.85. The lowest BCUT2D eigenvalue weighted by molar-refractivity contribution is 0.289. The van der Waals surface area contributed by atoms with E-state index in [1.165, 1.54) is 16.7 Å². The molecule has 0 bridgehead atoms. The molecule has 20 heavy (non-hydrogen) atoms. The Balaban J connectivity index is 2.69. The van der Waals surface area contributed by atoms with Gasteiger partial charge in [-0.3, -0.25) is 0 Å². The smallest absolute Gasteiger partial charge is 0.0441 e. The normalized spacial score (nSPS) is 14.2. The molecule has 3 heteroatoms. The molecule has 2 nitrogen and oxygen atoms in total. The SMILES string of the molecule is CCCNC(CSC(C)CCO)c1ccc(C)c(C)c1. The van der Waals surface area contributed by atoms with Crippen LogP contribution in [0, 0.1) is 13.8 Å². The standard InChI is InChI=1S/C17H29NOS/c1-5-9-18-17(12-20-15(4)8-10-19)16-7-6-13(2)14(3)11-16/h6-7,11,15,17-19H,5,8-10,12H2,1-4H3. The molecule has 0 heterocycles. The lowest BCUT2D eigenvalue weighted by atomic mass is 10.0. The van der Waals surface area contributed by atoms with Gasteiger partial charge in [0, 0.05) is 23.7 Å². The number of benzene rings is 1. The molecule has 1 aromatic carbocycles. The highest BCUT2D eigenvalue weighted by atomic mass is 32.2. The van der Waals surface area contributed by atoms with Crippen molar-refractivity contribution < 1.29 is 5.11 Å². The van der Waals surface area contributed by atoms with E-state index in [1.807, 2.05) is 11.8 Å². The van der Waals surface area contributed by atoms with Crippen LogP contribution in [0.4, 0.5) is 0 Å². The molecule has 0 amide bonds. The van der Waals surface area contributed by atoms with Gasteiger partial charge in [-0.1, -0.05) is 32.0 Å². The van der Waals surface area contributed by atoms with E-state index in [9.17, 15) is 0 Å². The maximum absolute atomic E-state index is 9.00. The Bertz CT molecular complexity index is 395. The maximum Gasteiger partial charge on any atom is 0.0441 e. The zero-order valence-corrected chi connectivity index (χ0v) is 14.1. The van der Waals surface area contributed by atoms with Gasteiger partial charge in [-0.2, -0.15) is 11.8 Å². The van der Waals surface area contributed by atoms with Crippen LogP contribution >= 0.6 is 11.8 Å². The zero-order chi connectivity index (χ0) is 15.0. The van der Waals surface area contributed by atoms with Crippen LogP contribution in [0.1, 0.15) is 49.4 Å². The van der Waals surface area contributed by atoms with Crippen LogP contribution in [-0.2, 0) is 0 Å². The van der Waals surface area contributed by atoms with E-state index in [-0.39, 0.29) is 6.61 Å². The van der Waals surface area contributed by atoms with Crippen LogP contribution < -0.4 is 5.32 Å². The lowest BCUT2D eigenvalue weighted by Gasteiger charge is -2.21. The van der Waals surface area contributed by atoms with Gasteiger partial charge in [-0.05, 0) is 49.9 Å². The van der Waals surface area contributed by atoms with Gasteiger partial charge < -0.3 is 10.4 Å². The van der Waals surface area contributed by atoms with Crippen LogP contribution in [-0.4, -0.2) is 29.3 Å².